The lowest BCUT2D eigenvalue weighted by Gasteiger charge is -2.11. The van der Waals surface area contributed by atoms with Crippen molar-refractivity contribution in [2.24, 2.45) is 0 Å². The van der Waals surface area contributed by atoms with Gasteiger partial charge in [-0.1, -0.05) is 23.8 Å². The summed E-state index contributed by atoms with van der Waals surface area (Å²) >= 11 is 0. The second-order valence-corrected chi connectivity index (χ2v) is 4.54. The Morgan fingerprint density at radius 1 is 1.11 bits per heavy atom. The van der Waals surface area contributed by atoms with Gasteiger partial charge < -0.3 is 10.4 Å². The average Bonchev–Trinajstić information content (AvgIpc) is 2.38. The van der Waals surface area contributed by atoms with Crippen LogP contribution in [0.1, 0.15) is 16.7 Å². The summed E-state index contributed by atoms with van der Waals surface area (Å²) in [4.78, 5) is 0. The van der Waals surface area contributed by atoms with Gasteiger partial charge in [0.05, 0.1) is 0 Å². The highest BCUT2D eigenvalue weighted by atomic mass is 19.1. The smallest absolute Gasteiger partial charge is 0.152 e. The Kier molecular flexibility index (Phi) is 3.69. The number of nitrogens with one attached hydrogen (secondary N) is 1. The van der Waals surface area contributed by atoms with E-state index in [1.165, 1.54) is 12.1 Å². The molecule has 100 valence electrons. The van der Waals surface area contributed by atoms with Gasteiger partial charge in [0.25, 0.3) is 0 Å². The van der Waals surface area contributed by atoms with Crippen molar-refractivity contribution >= 4 is 5.69 Å². The van der Waals surface area contributed by atoms with Crippen molar-refractivity contribution in [2.45, 2.75) is 20.4 Å². The van der Waals surface area contributed by atoms with Gasteiger partial charge in [0.1, 0.15) is 17.3 Å². The molecule has 0 amide bonds. The monoisotopic (exact) mass is 263 g/mol. The number of phenols is 1. The fourth-order valence-electron chi connectivity index (χ4n) is 1.86. The van der Waals surface area contributed by atoms with Gasteiger partial charge in [-0.2, -0.15) is 0 Å². The van der Waals surface area contributed by atoms with Crippen LogP contribution in [-0.4, -0.2) is 5.11 Å². The van der Waals surface area contributed by atoms with Crippen molar-refractivity contribution in [3.63, 3.8) is 0 Å². The van der Waals surface area contributed by atoms with E-state index in [2.05, 4.69) is 5.32 Å². The lowest BCUT2D eigenvalue weighted by molar-refractivity contribution is 0.468. The van der Waals surface area contributed by atoms with Crippen molar-refractivity contribution in [1.29, 1.82) is 0 Å². The van der Waals surface area contributed by atoms with E-state index < -0.39 is 11.6 Å². The van der Waals surface area contributed by atoms with Crippen LogP contribution in [0.2, 0.25) is 0 Å². The van der Waals surface area contributed by atoms with Crippen LogP contribution in [-0.2, 0) is 6.54 Å². The molecule has 0 heterocycles. The third-order valence-electron chi connectivity index (χ3n) is 2.97. The van der Waals surface area contributed by atoms with Gasteiger partial charge in [0.15, 0.2) is 5.82 Å². The van der Waals surface area contributed by atoms with Crippen molar-refractivity contribution < 1.29 is 13.9 Å². The second-order valence-electron chi connectivity index (χ2n) is 4.54. The Labute approximate surface area is 110 Å². The quantitative estimate of drug-likeness (QED) is 0.880. The topological polar surface area (TPSA) is 32.3 Å². The molecule has 0 unspecified atom stereocenters. The summed E-state index contributed by atoms with van der Waals surface area (Å²) in [5.74, 6) is -1.14. The number of hydrogen-bond donors (Lipinski definition) is 2. The third-order valence-corrected chi connectivity index (χ3v) is 2.97. The Hall–Kier alpha value is -2.10. The van der Waals surface area contributed by atoms with Crippen LogP contribution >= 0.6 is 0 Å². The molecule has 0 radical (unpaired) electrons. The van der Waals surface area contributed by atoms with Gasteiger partial charge in [-0.3, -0.25) is 0 Å². The largest absolute Gasteiger partial charge is 0.508 e. The highest BCUT2D eigenvalue weighted by Crippen LogP contribution is 2.24. The lowest BCUT2D eigenvalue weighted by atomic mass is 10.1. The normalized spacial score (nSPS) is 10.5. The summed E-state index contributed by atoms with van der Waals surface area (Å²) in [6.45, 7) is 3.62. The minimum Gasteiger partial charge on any atom is -0.508 e. The summed E-state index contributed by atoms with van der Waals surface area (Å²) in [7, 11) is 0. The van der Waals surface area contributed by atoms with E-state index in [4.69, 9.17) is 0 Å². The van der Waals surface area contributed by atoms with Crippen molar-refractivity contribution in [1.82, 2.24) is 0 Å². The minimum absolute atomic E-state index is 0.103. The SMILES string of the molecule is Cc1ccc(O)c(CNc2c(F)ccc(C)c2F)c1. The zero-order chi connectivity index (χ0) is 14.0. The molecule has 0 saturated heterocycles. The van der Waals surface area contributed by atoms with E-state index in [9.17, 15) is 13.9 Å². The predicted octanol–water partition coefficient (Wildman–Crippen LogP) is 3.90. The number of aryl methyl sites for hydroxylation is 2. The molecule has 4 heteroatoms. The molecule has 0 aliphatic heterocycles. The number of aromatic hydroxyl groups is 1. The molecule has 0 saturated carbocycles. The van der Waals surface area contributed by atoms with Crippen LogP contribution in [0.15, 0.2) is 30.3 Å². The standard InChI is InChI=1S/C15H15F2NO/c1-9-3-6-13(19)11(7-9)8-18-15-12(16)5-4-10(2)14(15)17/h3-7,18-19H,8H2,1-2H3. The maximum Gasteiger partial charge on any atom is 0.152 e. The van der Waals surface area contributed by atoms with E-state index in [1.54, 1.807) is 25.1 Å². The van der Waals surface area contributed by atoms with Gasteiger partial charge in [-0.05, 0) is 31.5 Å². The Morgan fingerprint density at radius 3 is 2.58 bits per heavy atom. The number of anilines is 1. The summed E-state index contributed by atoms with van der Waals surface area (Å²) in [5.41, 5.74) is 1.78. The molecule has 2 aromatic carbocycles. The van der Waals surface area contributed by atoms with E-state index >= 15 is 0 Å². The molecular formula is C15H15F2NO. The maximum atomic E-state index is 13.8. The molecule has 19 heavy (non-hydrogen) atoms. The summed E-state index contributed by atoms with van der Waals surface area (Å²) < 4.78 is 27.3. The van der Waals surface area contributed by atoms with Gasteiger partial charge in [0, 0.05) is 12.1 Å². The van der Waals surface area contributed by atoms with E-state index in [0.29, 0.717) is 11.1 Å². The summed E-state index contributed by atoms with van der Waals surface area (Å²) in [5, 5.41) is 12.4. The van der Waals surface area contributed by atoms with Gasteiger partial charge in [-0.25, -0.2) is 8.78 Å². The third kappa shape index (κ3) is 2.84. The summed E-state index contributed by atoms with van der Waals surface area (Å²) in [6, 6.07) is 7.72. The zero-order valence-electron chi connectivity index (χ0n) is 10.8. The van der Waals surface area contributed by atoms with E-state index in [-0.39, 0.29) is 18.0 Å². The molecule has 2 rings (SSSR count). The number of halogens is 2. The first-order valence-corrected chi connectivity index (χ1v) is 5.96. The minimum atomic E-state index is -0.643. The highest BCUT2D eigenvalue weighted by molar-refractivity contribution is 5.50. The zero-order valence-corrected chi connectivity index (χ0v) is 10.8. The van der Waals surface area contributed by atoms with Gasteiger partial charge in [-0.15, -0.1) is 0 Å². The summed E-state index contributed by atoms with van der Waals surface area (Å²) in [6.07, 6.45) is 0. The van der Waals surface area contributed by atoms with Crippen molar-refractivity contribution in [3.05, 3.63) is 58.7 Å². The Morgan fingerprint density at radius 2 is 1.84 bits per heavy atom. The van der Waals surface area contributed by atoms with Crippen molar-refractivity contribution in [2.75, 3.05) is 5.32 Å². The highest BCUT2D eigenvalue weighted by Gasteiger charge is 2.11. The lowest BCUT2D eigenvalue weighted by Crippen LogP contribution is -2.05. The molecule has 0 aliphatic rings. The first-order chi connectivity index (χ1) is 8.99. The van der Waals surface area contributed by atoms with Crippen LogP contribution in [0.5, 0.6) is 5.75 Å². The fourth-order valence-corrected chi connectivity index (χ4v) is 1.86. The van der Waals surface area contributed by atoms with Crippen LogP contribution in [0, 0.1) is 25.5 Å². The molecule has 2 aromatic rings. The van der Waals surface area contributed by atoms with Crippen LogP contribution < -0.4 is 5.32 Å². The predicted molar refractivity (Wildman–Crippen MR) is 71.3 cm³/mol. The van der Waals surface area contributed by atoms with Gasteiger partial charge >= 0.3 is 0 Å². The molecule has 0 bridgehead atoms. The first kappa shape index (κ1) is 13.3. The first-order valence-electron chi connectivity index (χ1n) is 5.96. The van der Waals surface area contributed by atoms with Crippen molar-refractivity contribution in [3.8, 4) is 5.75 Å². The average molecular weight is 263 g/mol. The number of rotatable bonds is 3. The molecule has 0 spiro atoms. The number of phenolic OH excluding ortho intramolecular Hbond substituents is 1. The maximum absolute atomic E-state index is 13.8. The van der Waals surface area contributed by atoms with E-state index in [0.717, 1.165) is 5.56 Å². The molecule has 2 N–H and O–H groups in total. The molecule has 0 aromatic heterocycles. The van der Waals surface area contributed by atoms with Gasteiger partial charge in [0.2, 0.25) is 0 Å². The van der Waals surface area contributed by atoms with Crippen LogP contribution in [0.4, 0.5) is 14.5 Å². The molecule has 0 atom stereocenters. The van der Waals surface area contributed by atoms with Crippen LogP contribution in [0.25, 0.3) is 0 Å². The van der Waals surface area contributed by atoms with E-state index in [1.807, 2.05) is 6.92 Å². The Bertz CT molecular complexity index is 611. The fraction of sp³-hybridized carbons (Fsp3) is 0.200. The molecule has 0 fully saturated rings. The Balaban J connectivity index is 2.24. The number of benzene rings is 2. The van der Waals surface area contributed by atoms with Crippen LogP contribution in [0.3, 0.4) is 0 Å². The molecular weight excluding hydrogens is 248 g/mol. The molecule has 0 aliphatic carbocycles. The number of hydrogen-bond acceptors (Lipinski definition) is 2. The second kappa shape index (κ2) is 5.26. The molecule has 2 nitrogen and oxygen atoms in total.